The Morgan fingerprint density at radius 1 is 1.14 bits per heavy atom. The number of nitrogens with zero attached hydrogens (tertiary/aromatic N) is 1. The van der Waals surface area contributed by atoms with Crippen LogP contribution in [-0.2, 0) is 9.31 Å². The Balaban J connectivity index is 1.81. The molecule has 0 spiro atoms. The third-order valence-corrected chi connectivity index (χ3v) is 4.65. The molecule has 6 heteroatoms. The molecule has 4 nitrogen and oxygen atoms in total. The fourth-order valence-electron chi connectivity index (χ4n) is 2.07. The van der Waals surface area contributed by atoms with Crippen molar-refractivity contribution in [2.24, 2.45) is 0 Å². The molecule has 0 amide bonds. The van der Waals surface area contributed by atoms with Crippen LogP contribution in [-0.4, -0.2) is 23.3 Å². The quantitative estimate of drug-likeness (QED) is 0.816. The van der Waals surface area contributed by atoms with Crippen LogP contribution in [0.3, 0.4) is 0 Å². The third-order valence-electron chi connectivity index (χ3n) is 4.00. The second-order valence-corrected chi connectivity index (χ2v) is 6.92. The van der Waals surface area contributed by atoms with Gasteiger partial charge in [0.1, 0.15) is 5.75 Å². The molecule has 2 aromatic rings. The Morgan fingerprint density at radius 2 is 1.86 bits per heavy atom. The zero-order chi connectivity index (χ0) is 15.1. The number of aromatic nitrogens is 1. The van der Waals surface area contributed by atoms with E-state index in [0.29, 0.717) is 5.19 Å². The highest BCUT2D eigenvalue weighted by molar-refractivity contribution is 7.11. The van der Waals surface area contributed by atoms with Crippen molar-refractivity contribution in [3.05, 3.63) is 35.8 Å². The smallest absolute Gasteiger partial charge is 0.431 e. The van der Waals surface area contributed by atoms with Gasteiger partial charge in [-0.15, -0.1) is 0 Å². The molecule has 1 aromatic heterocycles. The summed E-state index contributed by atoms with van der Waals surface area (Å²) < 4.78 is 17.8. The van der Waals surface area contributed by atoms with Crippen LogP contribution in [0.25, 0.3) is 0 Å². The van der Waals surface area contributed by atoms with Crippen molar-refractivity contribution in [2.75, 3.05) is 0 Å². The summed E-state index contributed by atoms with van der Waals surface area (Å²) in [6.07, 6.45) is 1.72. The molecule has 0 radical (unpaired) electrons. The summed E-state index contributed by atoms with van der Waals surface area (Å²) >= 11 is 1.46. The summed E-state index contributed by atoms with van der Waals surface area (Å²) in [6, 6.07) is 7.75. The fraction of sp³-hybridized carbons (Fsp3) is 0.400. The van der Waals surface area contributed by atoms with Gasteiger partial charge in [-0.05, 0) is 45.3 Å². The molecule has 0 unspecified atom stereocenters. The first-order valence-electron chi connectivity index (χ1n) is 6.90. The Bertz CT molecular complexity index is 612. The molecule has 1 aromatic carbocycles. The first kappa shape index (κ1) is 14.6. The van der Waals surface area contributed by atoms with Crippen LogP contribution >= 0.6 is 11.3 Å². The van der Waals surface area contributed by atoms with Crippen LogP contribution < -0.4 is 10.2 Å². The minimum Gasteiger partial charge on any atom is -0.431 e. The van der Waals surface area contributed by atoms with Crippen molar-refractivity contribution in [1.82, 2.24) is 4.98 Å². The van der Waals surface area contributed by atoms with E-state index < -0.39 is 0 Å². The first-order valence-corrected chi connectivity index (χ1v) is 7.78. The summed E-state index contributed by atoms with van der Waals surface area (Å²) in [5, 5.41) is 2.51. The van der Waals surface area contributed by atoms with Crippen LogP contribution in [0.5, 0.6) is 10.9 Å². The van der Waals surface area contributed by atoms with Gasteiger partial charge in [0, 0.05) is 11.6 Å². The van der Waals surface area contributed by atoms with E-state index in [-0.39, 0.29) is 18.3 Å². The molecule has 1 saturated heterocycles. The average Bonchev–Trinajstić information content (AvgIpc) is 2.97. The van der Waals surface area contributed by atoms with Crippen LogP contribution in [0.4, 0.5) is 0 Å². The zero-order valence-electron chi connectivity index (χ0n) is 12.6. The number of ether oxygens (including phenoxy) is 1. The van der Waals surface area contributed by atoms with E-state index in [2.05, 4.69) is 4.98 Å². The highest BCUT2D eigenvalue weighted by Crippen LogP contribution is 2.36. The van der Waals surface area contributed by atoms with Crippen LogP contribution in [0, 0.1) is 0 Å². The molecule has 1 fully saturated rings. The van der Waals surface area contributed by atoms with Crippen molar-refractivity contribution in [3.63, 3.8) is 0 Å². The van der Waals surface area contributed by atoms with Gasteiger partial charge >= 0.3 is 7.12 Å². The van der Waals surface area contributed by atoms with Crippen molar-refractivity contribution in [1.29, 1.82) is 0 Å². The standard InChI is InChI=1S/C15H18BNO3S/c1-14(2)15(3,4)20-16(19-14)11-6-5-7-12(10-11)18-13-17-8-9-21-13/h5-10H,1-4H3. The zero-order valence-corrected chi connectivity index (χ0v) is 13.4. The number of thiazole rings is 1. The minimum absolute atomic E-state index is 0.343. The van der Waals surface area contributed by atoms with E-state index in [1.807, 2.05) is 57.3 Å². The molecule has 1 aliphatic heterocycles. The third kappa shape index (κ3) is 2.84. The largest absolute Gasteiger partial charge is 0.494 e. The predicted molar refractivity (Wildman–Crippen MR) is 84.3 cm³/mol. The summed E-state index contributed by atoms with van der Waals surface area (Å²) in [5.41, 5.74) is 0.260. The molecule has 2 heterocycles. The van der Waals surface area contributed by atoms with Crippen LogP contribution in [0.1, 0.15) is 27.7 Å². The van der Waals surface area contributed by atoms with E-state index >= 15 is 0 Å². The second kappa shape index (κ2) is 5.12. The lowest BCUT2D eigenvalue weighted by atomic mass is 9.79. The molecule has 0 aliphatic carbocycles. The van der Waals surface area contributed by atoms with Gasteiger partial charge in [-0.25, -0.2) is 4.98 Å². The maximum Gasteiger partial charge on any atom is 0.494 e. The summed E-state index contributed by atoms with van der Waals surface area (Å²) in [5.74, 6) is 0.733. The number of hydrogen-bond donors (Lipinski definition) is 0. The molecule has 0 saturated carbocycles. The molecule has 0 bridgehead atoms. The highest BCUT2D eigenvalue weighted by Gasteiger charge is 2.51. The molecule has 1 aliphatic rings. The van der Waals surface area contributed by atoms with Gasteiger partial charge in [0.05, 0.1) is 11.2 Å². The monoisotopic (exact) mass is 303 g/mol. The van der Waals surface area contributed by atoms with Gasteiger partial charge in [0.15, 0.2) is 0 Å². The number of rotatable bonds is 3. The fourth-order valence-corrected chi connectivity index (χ4v) is 2.57. The lowest BCUT2D eigenvalue weighted by molar-refractivity contribution is 0.00578. The number of hydrogen-bond acceptors (Lipinski definition) is 5. The molecule has 21 heavy (non-hydrogen) atoms. The normalized spacial score (nSPS) is 19.7. The van der Waals surface area contributed by atoms with Crippen molar-refractivity contribution in [3.8, 4) is 10.9 Å². The summed E-state index contributed by atoms with van der Waals surface area (Å²) in [6.45, 7) is 8.18. The van der Waals surface area contributed by atoms with Crippen molar-refractivity contribution < 1.29 is 14.0 Å². The summed E-state index contributed by atoms with van der Waals surface area (Å²) in [4.78, 5) is 4.12. The van der Waals surface area contributed by atoms with Gasteiger partial charge < -0.3 is 14.0 Å². The van der Waals surface area contributed by atoms with Crippen molar-refractivity contribution >= 4 is 23.9 Å². The van der Waals surface area contributed by atoms with Gasteiger partial charge in [-0.2, -0.15) is 0 Å². The maximum atomic E-state index is 6.05. The molecule has 3 rings (SSSR count). The minimum atomic E-state index is -0.380. The number of benzene rings is 1. The maximum absolute atomic E-state index is 6.05. The van der Waals surface area contributed by atoms with Crippen molar-refractivity contribution in [2.45, 2.75) is 38.9 Å². The van der Waals surface area contributed by atoms with E-state index in [1.54, 1.807) is 6.20 Å². The Labute approximate surface area is 129 Å². The van der Waals surface area contributed by atoms with Gasteiger partial charge in [0.25, 0.3) is 5.19 Å². The molecular formula is C15H18BNO3S. The van der Waals surface area contributed by atoms with E-state index in [0.717, 1.165) is 11.2 Å². The molecule has 110 valence electrons. The predicted octanol–water partition coefficient (Wildman–Crippen LogP) is 3.23. The van der Waals surface area contributed by atoms with E-state index in [9.17, 15) is 0 Å². The van der Waals surface area contributed by atoms with E-state index in [4.69, 9.17) is 14.0 Å². The Morgan fingerprint density at radius 3 is 2.48 bits per heavy atom. The molecular weight excluding hydrogens is 285 g/mol. The highest BCUT2D eigenvalue weighted by atomic mass is 32.1. The SMILES string of the molecule is CC1(C)OB(c2cccc(Oc3nccs3)c2)OC1(C)C. The van der Waals surface area contributed by atoms with Gasteiger partial charge in [-0.1, -0.05) is 23.5 Å². The lowest BCUT2D eigenvalue weighted by Crippen LogP contribution is -2.41. The average molecular weight is 303 g/mol. The lowest BCUT2D eigenvalue weighted by Gasteiger charge is -2.32. The van der Waals surface area contributed by atoms with E-state index in [1.165, 1.54) is 11.3 Å². The molecule has 0 atom stereocenters. The Hall–Kier alpha value is -1.37. The molecule has 0 N–H and O–H groups in total. The topological polar surface area (TPSA) is 40.6 Å². The Kier molecular flexibility index (Phi) is 3.55. The van der Waals surface area contributed by atoms with Gasteiger partial charge in [-0.3, -0.25) is 0 Å². The van der Waals surface area contributed by atoms with Crippen LogP contribution in [0.15, 0.2) is 35.8 Å². The second-order valence-electron chi connectivity index (χ2n) is 6.06. The van der Waals surface area contributed by atoms with Gasteiger partial charge in [0.2, 0.25) is 0 Å². The van der Waals surface area contributed by atoms with Crippen LogP contribution in [0.2, 0.25) is 0 Å². The first-order chi connectivity index (χ1) is 9.87. The summed E-state index contributed by atoms with van der Waals surface area (Å²) in [7, 11) is -0.380.